The number of nitrogens with zero attached hydrogens (tertiary/aromatic N) is 2. The van der Waals surface area contributed by atoms with Gasteiger partial charge in [-0.25, -0.2) is 4.39 Å². The molecule has 0 saturated carbocycles. The number of carbonyl (C=O) groups is 3. The van der Waals surface area contributed by atoms with Gasteiger partial charge < -0.3 is 5.32 Å². The summed E-state index contributed by atoms with van der Waals surface area (Å²) >= 11 is 1.10. The number of aromatic nitrogens is 1. The summed E-state index contributed by atoms with van der Waals surface area (Å²) < 4.78 is 14.1. The van der Waals surface area contributed by atoms with Gasteiger partial charge in [0.05, 0.1) is 5.92 Å². The number of pyridine rings is 1. The van der Waals surface area contributed by atoms with Gasteiger partial charge in [0.1, 0.15) is 11.9 Å². The summed E-state index contributed by atoms with van der Waals surface area (Å²) in [4.78, 5) is 44.0. The lowest BCUT2D eigenvalue weighted by molar-refractivity contribution is -0.129. The number of halogens is 1. The van der Waals surface area contributed by atoms with Crippen LogP contribution in [-0.2, 0) is 14.4 Å². The zero-order chi connectivity index (χ0) is 21.9. The van der Waals surface area contributed by atoms with Crippen LogP contribution >= 0.6 is 11.8 Å². The van der Waals surface area contributed by atoms with Crippen molar-refractivity contribution in [3.8, 4) is 0 Å². The van der Waals surface area contributed by atoms with Crippen LogP contribution in [0.2, 0.25) is 0 Å². The van der Waals surface area contributed by atoms with Crippen molar-refractivity contribution in [2.45, 2.75) is 38.8 Å². The standard InChI is InChI=1S/C22H24FN3O3S/c1-22(2,3)25-20(28)19(14-6-5-9-24-12-14)26(17-8-4-7-16(23)11-17)21(29)15-10-18(27)30-13-15/h4-9,11-12,15,19H,10,13H2,1-3H3,(H,25,28)/t15-,19+/m0/s1. The fourth-order valence-electron chi connectivity index (χ4n) is 3.29. The fourth-order valence-corrected chi connectivity index (χ4v) is 4.26. The number of benzene rings is 1. The molecule has 1 aliphatic rings. The van der Waals surface area contributed by atoms with Crippen molar-refractivity contribution in [2.24, 2.45) is 5.92 Å². The van der Waals surface area contributed by atoms with E-state index in [1.807, 2.05) is 20.8 Å². The largest absolute Gasteiger partial charge is 0.349 e. The summed E-state index contributed by atoms with van der Waals surface area (Å²) in [6, 6.07) is 7.88. The van der Waals surface area contributed by atoms with Gasteiger partial charge in [0, 0.05) is 41.4 Å². The minimum atomic E-state index is -1.06. The molecule has 0 aliphatic carbocycles. The molecule has 2 heterocycles. The SMILES string of the molecule is CC(C)(C)NC(=O)[C@@H](c1cccnc1)N(C(=O)[C@@H]1CSC(=O)C1)c1cccc(F)c1. The van der Waals surface area contributed by atoms with Gasteiger partial charge in [-0.15, -0.1) is 0 Å². The van der Waals surface area contributed by atoms with E-state index in [0.29, 0.717) is 11.3 Å². The van der Waals surface area contributed by atoms with Crippen LogP contribution in [0, 0.1) is 11.7 Å². The van der Waals surface area contributed by atoms with E-state index in [1.54, 1.807) is 24.4 Å². The molecule has 0 bridgehead atoms. The summed E-state index contributed by atoms with van der Waals surface area (Å²) in [6.45, 7) is 5.52. The number of hydrogen-bond donors (Lipinski definition) is 1. The van der Waals surface area contributed by atoms with Crippen molar-refractivity contribution < 1.29 is 18.8 Å². The molecular weight excluding hydrogens is 405 g/mol. The van der Waals surface area contributed by atoms with Gasteiger partial charge in [0.15, 0.2) is 5.12 Å². The molecule has 1 saturated heterocycles. The van der Waals surface area contributed by atoms with Gasteiger partial charge in [-0.3, -0.25) is 24.3 Å². The molecule has 1 fully saturated rings. The lowest BCUT2D eigenvalue weighted by Crippen LogP contribution is -2.50. The van der Waals surface area contributed by atoms with Crippen molar-refractivity contribution in [3.63, 3.8) is 0 Å². The minimum Gasteiger partial charge on any atom is -0.349 e. The van der Waals surface area contributed by atoms with E-state index < -0.39 is 35.1 Å². The Balaban J connectivity index is 2.11. The summed E-state index contributed by atoms with van der Waals surface area (Å²) in [5, 5.41) is 2.85. The molecule has 30 heavy (non-hydrogen) atoms. The lowest BCUT2D eigenvalue weighted by atomic mass is 9.99. The Labute approximate surface area is 179 Å². The van der Waals surface area contributed by atoms with Crippen molar-refractivity contribution in [1.82, 2.24) is 10.3 Å². The molecule has 8 heteroatoms. The number of rotatable bonds is 5. The third-order valence-electron chi connectivity index (χ3n) is 4.54. The Kier molecular flexibility index (Phi) is 6.55. The van der Waals surface area contributed by atoms with Crippen LogP contribution in [-0.4, -0.2) is 33.2 Å². The lowest BCUT2D eigenvalue weighted by Gasteiger charge is -2.34. The molecule has 1 aromatic heterocycles. The Morgan fingerprint density at radius 1 is 1.27 bits per heavy atom. The molecule has 1 aliphatic heterocycles. The van der Waals surface area contributed by atoms with E-state index in [2.05, 4.69) is 10.3 Å². The van der Waals surface area contributed by atoms with Gasteiger partial charge in [-0.05, 0) is 45.0 Å². The van der Waals surface area contributed by atoms with Crippen molar-refractivity contribution >= 4 is 34.4 Å². The highest BCUT2D eigenvalue weighted by molar-refractivity contribution is 8.14. The second-order valence-corrected chi connectivity index (χ2v) is 9.28. The number of hydrogen-bond acceptors (Lipinski definition) is 5. The maximum atomic E-state index is 14.1. The van der Waals surface area contributed by atoms with E-state index in [-0.39, 0.29) is 17.2 Å². The predicted octanol–water partition coefficient (Wildman–Crippen LogP) is 3.49. The van der Waals surface area contributed by atoms with E-state index in [4.69, 9.17) is 0 Å². The first-order valence-electron chi connectivity index (χ1n) is 9.62. The first kappa shape index (κ1) is 22.0. The molecule has 2 amide bonds. The van der Waals surface area contributed by atoms with Crippen LogP contribution in [0.1, 0.15) is 38.8 Å². The van der Waals surface area contributed by atoms with Crippen molar-refractivity contribution in [1.29, 1.82) is 0 Å². The third kappa shape index (κ3) is 5.24. The van der Waals surface area contributed by atoms with Gasteiger partial charge in [-0.1, -0.05) is 23.9 Å². The summed E-state index contributed by atoms with van der Waals surface area (Å²) in [5.41, 5.74) is 0.198. The number of thioether (sulfide) groups is 1. The molecule has 2 aromatic rings. The van der Waals surface area contributed by atoms with Crippen LogP contribution in [0.4, 0.5) is 10.1 Å². The molecule has 0 unspecified atom stereocenters. The highest BCUT2D eigenvalue weighted by atomic mass is 32.2. The predicted molar refractivity (Wildman–Crippen MR) is 114 cm³/mol. The molecule has 2 atom stereocenters. The minimum absolute atomic E-state index is 0.0652. The molecule has 0 radical (unpaired) electrons. The van der Waals surface area contributed by atoms with Crippen LogP contribution in [0.5, 0.6) is 0 Å². The molecule has 0 spiro atoms. The average molecular weight is 430 g/mol. The number of anilines is 1. The number of carbonyl (C=O) groups excluding carboxylic acids is 3. The van der Waals surface area contributed by atoms with Crippen molar-refractivity contribution in [3.05, 3.63) is 60.2 Å². The Morgan fingerprint density at radius 3 is 2.60 bits per heavy atom. The van der Waals surface area contributed by atoms with Gasteiger partial charge in [0.25, 0.3) is 0 Å². The topological polar surface area (TPSA) is 79.4 Å². The van der Waals surface area contributed by atoms with Crippen molar-refractivity contribution in [2.75, 3.05) is 10.7 Å². The molecule has 6 nitrogen and oxygen atoms in total. The molecular formula is C22H24FN3O3S. The Hall–Kier alpha value is -2.74. The smallest absolute Gasteiger partial charge is 0.248 e. The highest BCUT2D eigenvalue weighted by Crippen LogP contribution is 2.34. The monoisotopic (exact) mass is 429 g/mol. The number of nitrogens with one attached hydrogen (secondary N) is 1. The van der Waals surface area contributed by atoms with Gasteiger partial charge in [0.2, 0.25) is 11.8 Å². The third-order valence-corrected chi connectivity index (χ3v) is 5.59. The Morgan fingerprint density at radius 2 is 2.03 bits per heavy atom. The Bertz CT molecular complexity index is 946. The summed E-state index contributed by atoms with van der Waals surface area (Å²) in [5.74, 6) is -1.57. The maximum Gasteiger partial charge on any atom is 0.248 e. The maximum absolute atomic E-state index is 14.1. The van der Waals surface area contributed by atoms with Crippen LogP contribution in [0.3, 0.4) is 0 Å². The first-order chi connectivity index (χ1) is 14.2. The van der Waals surface area contributed by atoms with E-state index in [0.717, 1.165) is 11.8 Å². The molecule has 158 valence electrons. The fraction of sp³-hybridized carbons (Fsp3) is 0.364. The second kappa shape index (κ2) is 8.95. The van der Waals surface area contributed by atoms with E-state index >= 15 is 0 Å². The summed E-state index contributed by atoms with van der Waals surface area (Å²) in [7, 11) is 0. The molecule has 1 aromatic carbocycles. The molecule has 3 rings (SSSR count). The summed E-state index contributed by atoms with van der Waals surface area (Å²) in [6.07, 6.45) is 3.18. The van der Waals surface area contributed by atoms with E-state index in [1.165, 1.54) is 29.3 Å². The average Bonchev–Trinajstić information content (AvgIpc) is 3.11. The highest BCUT2D eigenvalue weighted by Gasteiger charge is 2.40. The quantitative estimate of drug-likeness (QED) is 0.787. The van der Waals surface area contributed by atoms with E-state index in [9.17, 15) is 18.8 Å². The zero-order valence-corrected chi connectivity index (χ0v) is 17.9. The second-order valence-electron chi connectivity index (χ2n) is 8.20. The van der Waals surface area contributed by atoms with Gasteiger partial charge in [-0.2, -0.15) is 0 Å². The normalized spacial score (nSPS) is 17.5. The van der Waals surface area contributed by atoms with Crippen LogP contribution in [0.15, 0.2) is 48.8 Å². The van der Waals surface area contributed by atoms with Crippen LogP contribution in [0.25, 0.3) is 0 Å². The zero-order valence-electron chi connectivity index (χ0n) is 17.1. The van der Waals surface area contributed by atoms with Crippen LogP contribution < -0.4 is 10.2 Å². The number of amides is 2. The van der Waals surface area contributed by atoms with Gasteiger partial charge >= 0.3 is 0 Å². The first-order valence-corrected chi connectivity index (χ1v) is 10.6. The molecule has 1 N–H and O–H groups in total.